The summed E-state index contributed by atoms with van der Waals surface area (Å²) in [5.41, 5.74) is 0. The van der Waals surface area contributed by atoms with Gasteiger partial charge in [0.05, 0.1) is 0 Å². The highest BCUT2D eigenvalue weighted by atomic mass is 19.4. The quantitative estimate of drug-likeness (QED) is 0.574. The van der Waals surface area contributed by atoms with Crippen molar-refractivity contribution < 1.29 is 49.0 Å². The molecule has 12 heteroatoms. The third-order valence-corrected chi connectivity index (χ3v) is 2.24. The Morgan fingerprint density at radius 2 is 1.43 bits per heavy atom. The summed E-state index contributed by atoms with van der Waals surface area (Å²) in [6.45, 7) is -0.753. The Balaban J connectivity index is 5.15. The summed E-state index contributed by atoms with van der Waals surface area (Å²) in [6.07, 6.45) is -7.09. The number of methoxy groups -OCH3 is 1. The zero-order valence-electron chi connectivity index (χ0n) is 10.3. The first-order valence-electron chi connectivity index (χ1n) is 5.21. The highest BCUT2D eigenvalue weighted by molar-refractivity contribution is 5.84. The van der Waals surface area contributed by atoms with E-state index in [-0.39, 0.29) is 13.0 Å². The molecule has 0 aromatic carbocycles. The summed E-state index contributed by atoms with van der Waals surface area (Å²) in [7, 11) is 1.19. The van der Waals surface area contributed by atoms with Gasteiger partial charge in [-0.2, -0.15) is 39.5 Å². The van der Waals surface area contributed by atoms with Crippen molar-refractivity contribution in [2.24, 2.45) is 0 Å². The fourth-order valence-corrected chi connectivity index (χ4v) is 1.05. The molecule has 1 amide bonds. The summed E-state index contributed by atoms with van der Waals surface area (Å²) < 4.78 is 116. The van der Waals surface area contributed by atoms with Crippen LogP contribution in [0, 0.1) is 0 Å². The van der Waals surface area contributed by atoms with Gasteiger partial charge in [0, 0.05) is 20.3 Å². The van der Waals surface area contributed by atoms with E-state index in [1.165, 1.54) is 7.11 Å². The highest BCUT2D eigenvalue weighted by Gasteiger charge is 2.83. The van der Waals surface area contributed by atoms with Crippen LogP contribution in [-0.4, -0.2) is 50.1 Å². The van der Waals surface area contributed by atoms with E-state index in [9.17, 15) is 44.3 Å². The predicted molar refractivity (Wildman–Crippen MR) is 50.4 cm³/mol. The van der Waals surface area contributed by atoms with Crippen molar-refractivity contribution >= 4 is 5.91 Å². The number of ether oxygens (including phenoxy) is 1. The maximum atomic E-state index is 13.0. The molecule has 1 N–H and O–H groups in total. The molecule has 0 aromatic rings. The molecule has 0 saturated carbocycles. The molecule has 0 aliphatic rings. The van der Waals surface area contributed by atoms with E-state index in [4.69, 9.17) is 0 Å². The van der Waals surface area contributed by atoms with Gasteiger partial charge in [-0.05, 0) is 6.42 Å². The van der Waals surface area contributed by atoms with Gasteiger partial charge in [0.15, 0.2) is 0 Å². The summed E-state index contributed by atoms with van der Waals surface area (Å²) in [6, 6.07) is 0. The van der Waals surface area contributed by atoms with Crippen LogP contribution in [0.25, 0.3) is 0 Å². The molecule has 0 heterocycles. The number of alkyl halides is 9. The number of nitrogens with one attached hydrogen (secondary N) is 1. The standard InChI is InChI=1S/C9H10F9NO2/c1-21-4-2-3-19-5(20)6(10,11)7(12,13)8(14,15)9(16,17)18/h2-4H2,1H3,(H,19,20). The molecule has 0 aromatic heterocycles. The first-order valence-corrected chi connectivity index (χ1v) is 5.21. The van der Waals surface area contributed by atoms with Crippen molar-refractivity contribution in [1.82, 2.24) is 5.32 Å². The Morgan fingerprint density at radius 1 is 0.952 bits per heavy atom. The summed E-state index contributed by atoms with van der Waals surface area (Å²) >= 11 is 0. The van der Waals surface area contributed by atoms with Crippen molar-refractivity contribution in [3.8, 4) is 0 Å². The Hall–Kier alpha value is -1.20. The van der Waals surface area contributed by atoms with E-state index in [0.717, 1.165) is 5.32 Å². The SMILES string of the molecule is COCCCNC(=O)C(F)(F)C(F)(F)C(F)(F)C(F)(F)F. The molecule has 0 aliphatic heterocycles. The van der Waals surface area contributed by atoms with Gasteiger partial charge < -0.3 is 10.1 Å². The topological polar surface area (TPSA) is 38.3 Å². The number of carbonyl (C=O) groups is 1. The van der Waals surface area contributed by atoms with Crippen LogP contribution >= 0.6 is 0 Å². The first kappa shape index (κ1) is 19.8. The third kappa shape index (κ3) is 3.71. The van der Waals surface area contributed by atoms with Gasteiger partial charge in [-0.15, -0.1) is 0 Å². The summed E-state index contributed by atoms with van der Waals surface area (Å²) in [5.74, 6) is -23.2. The second kappa shape index (κ2) is 6.28. The lowest BCUT2D eigenvalue weighted by Crippen LogP contribution is -2.65. The maximum absolute atomic E-state index is 13.0. The van der Waals surface area contributed by atoms with Gasteiger partial charge in [-0.1, -0.05) is 0 Å². The Morgan fingerprint density at radius 3 is 1.81 bits per heavy atom. The highest BCUT2D eigenvalue weighted by Crippen LogP contribution is 2.53. The number of rotatable bonds is 7. The second-order valence-corrected chi connectivity index (χ2v) is 3.82. The van der Waals surface area contributed by atoms with E-state index in [1.807, 2.05) is 0 Å². The zero-order valence-corrected chi connectivity index (χ0v) is 10.3. The lowest BCUT2D eigenvalue weighted by atomic mass is 10.0. The van der Waals surface area contributed by atoms with E-state index < -0.39 is 36.4 Å². The van der Waals surface area contributed by atoms with Crippen molar-refractivity contribution in [2.45, 2.75) is 30.4 Å². The molecule has 0 saturated heterocycles. The number of hydrogen-bond donors (Lipinski definition) is 1. The zero-order chi connectivity index (χ0) is 17.1. The molecule has 21 heavy (non-hydrogen) atoms. The van der Waals surface area contributed by atoms with Gasteiger partial charge in [-0.3, -0.25) is 4.79 Å². The molecule has 0 aliphatic carbocycles. The van der Waals surface area contributed by atoms with Crippen LogP contribution in [0.5, 0.6) is 0 Å². The van der Waals surface area contributed by atoms with Crippen LogP contribution in [0.2, 0.25) is 0 Å². The van der Waals surface area contributed by atoms with E-state index in [1.54, 1.807) is 0 Å². The van der Waals surface area contributed by atoms with Crippen molar-refractivity contribution in [3.63, 3.8) is 0 Å². The molecule has 0 atom stereocenters. The molecule has 0 spiro atoms. The first-order chi connectivity index (χ1) is 9.23. The van der Waals surface area contributed by atoms with Crippen LogP contribution in [0.15, 0.2) is 0 Å². The molecule has 0 fully saturated rings. The fraction of sp³-hybridized carbons (Fsp3) is 0.889. The third-order valence-electron chi connectivity index (χ3n) is 2.24. The van der Waals surface area contributed by atoms with E-state index in [2.05, 4.69) is 4.74 Å². The molecular formula is C9H10F9NO2. The van der Waals surface area contributed by atoms with Gasteiger partial charge in [0.2, 0.25) is 0 Å². The minimum atomic E-state index is -7.08. The van der Waals surface area contributed by atoms with Crippen LogP contribution in [0.1, 0.15) is 6.42 Å². The molecule has 0 rings (SSSR count). The van der Waals surface area contributed by atoms with Crippen LogP contribution in [0.4, 0.5) is 39.5 Å². The Labute approximate surface area is 112 Å². The Kier molecular flexibility index (Phi) is 5.92. The number of halogens is 9. The average molecular weight is 335 g/mol. The van der Waals surface area contributed by atoms with E-state index >= 15 is 0 Å². The van der Waals surface area contributed by atoms with Gasteiger partial charge >= 0.3 is 23.9 Å². The molecule has 0 radical (unpaired) electrons. The van der Waals surface area contributed by atoms with Gasteiger partial charge in [0.1, 0.15) is 0 Å². The normalized spacial score (nSPS) is 14.2. The van der Waals surface area contributed by atoms with Crippen molar-refractivity contribution in [1.29, 1.82) is 0 Å². The lowest BCUT2D eigenvalue weighted by molar-refractivity contribution is -0.388. The Bertz CT molecular complexity index is 367. The molecule has 126 valence electrons. The number of amides is 1. The molecule has 0 unspecified atom stereocenters. The van der Waals surface area contributed by atoms with E-state index in [0.29, 0.717) is 0 Å². The maximum Gasteiger partial charge on any atom is 0.460 e. The average Bonchev–Trinajstić information content (AvgIpc) is 2.32. The lowest BCUT2D eigenvalue weighted by Gasteiger charge is -2.32. The smallest absolute Gasteiger partial charge is 0.385 e. The van der Waals surface area contributed by atoms with Gasteiger partial charge in [0.25, 0.3) is 5.91 Å². The minimum absolute atomic E-state index is 0.0824. The minimum Gasteiger partial charge on any atom is -0.385 e. The monoisotopic (exact) mass is 335 g/mol. The molecule has 0 bridgehead atoms. The van der Waals surface area contributed by atoms with Crippen LogP contribution in [0.3, 0.4) is 0 Å². The van der Waals surface area contributed by atoms with Crippen molar-refractivity contribution in [2.75, 3.05) is 20.3 Å². The number of hydrogen-bond acceptors (Lipinski definition) is 2. The predicted octanol–water partition coefficient (Wildman–Crippen LogP) is 2.61. The van der Waals surface area contributed by atoms with Crippen molar-refractivity contribution in [3.05, 3.63) is 0 Å². The molecule has 3 nitrogen and oxygen atoms in total. The summed E-state index contributed by atoms with van der Waals surface area (Å²) in [4.78, 5) is 10.8. The largest absolute Gasteiger partial charge is 0.460 e. The second-order valence-electron chi connectivity index (χ2n) is 3.82. The number of carbonyl (C=O) groups excluding carboxylic acids is 1. The van der Waals surface area contributed by atoms with Crippen LogP contribution < -0.4 is 5.32 Å². The summed E-state index contributed by atoms with van der Waals surface area (Å²) in [5, 5.41) is 1.14. The fourth-order valence-electron chi connectivity index (χ4n) is 1.05. The van der Waals surface area contributed by atoms with Gasteiger partial charge in [-0.25, -0.2) is 0 Å². The molecular weight excluding hydrogens is 325 g/mol. The van der Waals surface area contributed by atoms with Crippen LogP contribution in [-0.2, 0) is 9.53 Å².